The maximum atomic E-state index is 12.8. The predicted octanol–water partition coefficient (Wildman–Crippen LogP) is 3.59. The first-order valence-electron chi connectivity index (χ1n) is 9.98. The first kappa shape index (κ1) is 19.6. The van der Waals surface area contributed by atoms with Gasteiger partial charge in [-0.25, -0.2) is 4.98 Å². The number of aromatic nitrogens is 1. The number of carbonyl (C=O) groups is 1. The number of pyridine rings is 1. The Bertz CT molecular complexity index is 1080. The van der Waals surface area contributed by atoms with Crippen LogP contribution in [0.3, 0.4) is 0 Å². The van der Waals surface area contributed by atoms with Crippen molar-refractivity contribution in [2.24, 2.45) is 0 Å². The third-order valence-corrected chi connectivity index (χ3v) is 5.27. The monoisotopic (exact) mass is 397 g/mol. The lowest BCUT2D eigenvalue weighted by Gasteiger charge is -2.28. The molecule has 4 rings (SSSR count). The fourth-order valence-corrected chi connectivity index (χ4v) is 3.54. The summed E-state index contributed by atoms with van der Waals surface area (Å²) in [5.74, 6) is 0.745. The van der Waals surface area contributed by atoms with Crippen LogP contribution in [0.25, 0.3) is 11.1 Å². The standard InChI is InChI=1S/C24H23N5O/c1-17-2-5-20(14-22(17)19-6-3-18(15-25)4-7-19)24(30)28-21-8-9-23(27-16-21)29-12-10-26-11-13-29/h2-9,14,16,26H,10-13H2,1H3,(H,28,30). The summed E-state index contributed by atoms with van der Waals surface area (Å²) in [5, 5.41) is 15.2. The van der Waals surface area contributed by atoms with Crippen molar-refractivity contribution in [2.75, 3.05) is 36.4 Å². The van der Waals surface area contributed by atoms with Crippen LogP contribution in [0, 0.1) is 18.3 Å². The largest absolute Gasteiger partial charge is 0.354 e. The van der Waals surface area contributed by atoms with Gasteiger partial charge in [-0.1, -0.05) is 18.2 Å². The molecule has 0 spiro atoms. The Hall–Kier alpha value is -3.69. The van der Waals surface area contributed by atoms with Gasteiger partial charge < -0.3 is 15.5 Å². The number of piperazine rings is 1. The normalized spacial score (nSPS) is 13.5. The Kier molecular flexibility index (Phi) is 5.73. The first-order chi connectivity index (χ1) is 14.6. The third kappa shape index (κ3) is 4.32. The van der Waals surface area contributed by atoms with Crippen molar-refractivity contribution in [1.82, 2.24) is 10.3 Å². The number of carbonyl (C=O) groups excluding carboxylic acids is 1. The number of anilines is 2. The number of benzene rings is 2. The highest BCUT2D eigenvalue weighted by Gasteiger charge is 2.13. The van der Waals surface area contributed by atoms with Gasteiger partial charge in [-0.2, -0.15) is 5.26 Å². The highest BCUT2D eigenvalue weighted by atomic mass is 16.1. The average molecular weight is 397 g/mol. The Morgan fingerprint density at radius 3 is 2.53 bits per heavy atom. The molecule has 3 aromatic rings. The Labute approximate surface area is 176 Å². The summed E-state index contributed by atoms with van der Waals surface area (Å²) in [6.07, 6.45) is 1.70. The maximum absolute atomic E-state index is 12.8. The minimum atomic E-state index is -0.179. The van der Waals surface area contributed by atoms with Crippen molar-refractivity contribution in [1.29, 1.82) is 5.26 Å². The summed E-state index contributed by atoms with van der Waals surface area (Å²) in [4.78, 5) is 19.5. The topological polar surface area (TPSA) is 81.1 Å². The van der Waals surface area contributed by atoms with Crippen molar-refractivity contribution in [2.45, 2.75) is 6.92 Å². The fraction of sp³-hybridized carbons (Fsp3) is 0.208. The molecule has 1 aliphatic rings. The smallest absolute Gasteiger partial charge is 0.255 e. The molecule has 30 heavy (non-hydrogen) atoms. The molecule has 0 bridgehead atoms. The highest BCUT2D eigenvalue weighted by molar-refractivity contribution is 6.05. The van der Waals surface area contributed by atoms with Gasteiger partial charge in [0.1, 0.15) is 5.82 Å². The summed E-state index contributed by atoms with van der Waals surface area (Å²) in [5.41, 5.74) is 4.87. The van der Waals surface area contributed by atoms with Crippen LogP contribution in [0.5, 0.6) is 0 Å². The molecule has 0 atom stereocenters. The lowest BCUT2D eigenvalue weighted by atomic mass is 9.97. The van der Waals surface area contributed by atoms with Crippen LogP contribution >= 0.6 is 0 Å². The van der Waals surface area contributed by atoms with E-state index in [1.807, 2.05) is 49.4 Å². The number of hydrogen-bond donors (Lipinski definition) is 2. The summed E-state index contributed by atoms with van der Waals surface area (Å²) in [6.45, 7) is 5.78. The molecule has 150 valence electrons. The van der Waals surface area contributed by atoms with E-state index >= 15 is 0 Å². The second-order valence-corrected chi connectivity index (χ2v) is 7.32. The number of rotatable bonds is 4. The van der Waals surface area contributed by atoms with Gasteiger partial charge in [0.15, 0.2) is 0 Å². The lowest BCUT2D eigenvalue weighted by molar-refractivity contribution is 0.102. The summed E-state index contributed by atoms with van der Waals surface area (Å²) < 4.78 is 0. The van der Waals surface area contributed by atoms with Gasteiger partial charge in [0.2, 0.25) is 0 Å². The first-order valence-corrected chi connectivity index (χ1v) is 9.98. The van der Waals surface area contributed by atoms with E-state index in [4.69, 9.17) is 5.26 Å². The van der Waals surface area contributed by atoms with E-state index in [0.29, 0.717) is 16.8 Å². The zero-order valence-electron chi connectivity index (χ0n) is 16.9. The van der Waals surface area contributed by atoms with E-state index in [1.165, 1.54) is 0 Å². The van der Waals surface area contributed by atoms with Crippen molar-refractivity contribution in [3.63, 3.8) is 0 Å². The molecule has 1 aromatic heterocycles. The van der Waals surface area contributed by atoms with Gasteiger partial charge in [-0.3, -0.25) is 4.79 Å². The van der Waals surface area contributed by atoms with Gasteiger partial charge in [-0.05, 0) is 60.0 Å². The van der Waals surface area contributed by atoms with Gasteiger partial charge in [0, 0.05) is 31.7 Å². The molecule has 0 unspecified atom stereocenters. The zero-order valence-corrected chi connectivity index (χ0v) is 16.9. The molecule has 1 amide bonds. The number of amides is 1. The van der Waals surface area contributed by atoms with Crippen LogP contribution in [0.15, 0.2) is 60.8 Å². The molecule has 1 aliphatic heterocycles. The Balaban J connectivity index is 1.50. The molecule has 2 N–H and O–H groups in total. The van der Waals surface area contributed by atoms with Gasteiger partial charge >= 0.3 is 0 Å². The van der Waals surface area contributed by atoms with E-state index in [-0.39, 0.29) is 5.91 Å². The van der Waals surface area contributed by atoms with Gasteiger partial charge in [0.25, 0.3) is 5.91 Å². The van der Waals surface area contributed by atoms with Crippen molar-refractivity contribution < 1.29 is 4.79 Å². The quantitative estimate of drug-likeness (QED) is 0.703. The molecule has 1 saturated heterocycles. The zero-order chi connectivity index (χ0) is 20.9. The van der Waals surface area contributed by atoms with Crippen LogP contribution in [0.1, 0.15) is 21.5 Å². The second-order valence-electron chi connectivity index (χ2n) is 7.32. The molecule has 2 heterocycles. The molecule has 6 heteroatoms. The minimum absolute atomic E-state index is 0.179. The van der Waals surface area contributed by atoms with Crippen LogP contribution in [-0.4, -0.2) is 37.1 Å². The van der Waals surface area contributed by atoms with Crippen LogP contribution in [0.2, 0.25) is 0 Å². The van der Waals surface area contributed by atoms with Crippen molar-refractivity contribution in [3.05, 3.63) is 77.5 Å². The van der Waals surface area contributed by atoms with E-state index in [2.05, 4.69) is 26.6 Å². The maximum Gasteiger partial charge on any atom is 0.255 e. The predicted molar refractivity (Wildman–Crippen MR) is 119 cm³/mol. The molecule has 0 aliphatic carbocycles. The average Bonchev–Trinajstić information content (AvgIpc) is 2.80. The van der Waals surface area contributed by atoms with Crippen molar-refractivity contribution in [3.8, 4) is 17.2 Å². The fourth-order valence-electron chi connectivity index (χ4n) is 3.54. The minimum Gasteiger partial charge on any atom is -0.354 e. The van der Waals surface area contributed by atoms with E-state index in [9.17, 15) is 4.79 Å². The molecule has 0 radical (unpaired) electrons. The molecule has 2 aromatic carbocycles. The lowest BCUT2D eigenvalue weighted by Crippen LogP contribution is -2.43. The molecule has 1 fully saturated rings. The number of nitriles is 1. The van der Waals surface area contributed by atoms with Crippen LogP contribution in [-0.2, 0) is 0 Å². The molecule has 6 nitrogen and oxygen atoms in total. The van der Waals surface area contributed by atoms with Crippen molar-refractivity contribution >= 4 is 17.4 Å². The van der Waals surface area contributed by atoms with E-state index in [0.717, 1.165) is 48.7 Å². The summed E-state index contributed by atoms with van der Waals surface area (Å²) in [6, 6.07) is 19.0. The second kappa shape index (κ2) is 8.76. The molecular formula is C24H23N5O. The molecule has 0 saturated carbocycles. The Morgan fingerprint density at radius 2 is 1.87 bits per heavy atom. The van der Waals surface area contributed by atoms with Gasteiger partial charge in [0.05, 0.1) is 23.5 Å². The number of nitrogens with one attached hydrogen (secondary N) is 2. The highest BCUT2D eigenvalue weighted by Crippen LogP contribution is 2.25. The van der Waals surface area contributed by atoms with Gasteiger partial charge in [-0.15, -0.1) is 0 Å². The molecular weight excluding hydrogens is 374 g/mol. The number of aryl methyl sites for hydroxylation is 1. The van der Waals surface area contributed by atoms with E-state index in [1.54, 1.807) is 18.3 Å². The third-order valence-electron chi connectivity index (χ3n) is 5.27. The van der Waals surface area contributed by atoms with E-state index < -0.39 is 0 Å². The number of hydrogen-bond acceptors (Lipinski definition) is 5. The van der Waals surface area contributed by atoms with Crippen LogP contribution in [0.4, 0.5) is 11.5 Å². The summed E-state index contributed by atoms with van der Waals surface area (Å²) in [7, 11) is 0. The Morgan fingerprint density at radius 1 is 1.10 bits per heavy atom. The van der Waals surface area contributed by atoms with Crippen LogP contribution < -0.4 is 15.5 Å². The number of nitrogens with zero attached hydrogens (tertiary/aromatic N) is 3. The summed E-state index contributed by atoms with van der Waals surface area (Å²) >= 11 is 0. The SMILES string of the molecule is Cc1ccc(C(=O)Nc2ccc(N3CCNCC3)nc2)cc1-c1ccc(C#N)cc1.